The summed E-state index contributed by atoms with van der Waals surface area (Å²) in [6, 6.07) is 4.95. The largest absolute Gasteiger partial charge is 0.493 e. The fraction of sp³-hybridized carbons (Fsp3) is 0.412. The van der Waals surface area contributed by atoms with Crippen molar-refractivity contribution < 1.29 is 18.8 Å². The summed E-state index contributed by atoms with van der Waals surface area (Å²) in [6.45, 7) is 5.64. The number of rotatable bonds is 7. The Labute approximate surface area is 141 Å². The molecule has 7 nitrogen and oxygen atoms in total. The van der Waals surface area contributed by atoms with Gasteiger partial charge in [0.1, 0.15) is 11.8 Å². The van der Waals surface area contributed by atoms with Crippen LogP contribution in [0.5, 0.6) is 11.5 Å². The molecule has 2 N–H and O–H groups in total. The molecule has 0 aliphatic carbocycles. The highest BCUT2D eigenvalue weighted by molar-refractivity contribution is 5.96. The average Bonchev–Trinajstić information content (AvgIpc) is 2.97. The summed E-state index contributed by atoms with van der Waals surface area (Å²) in [5.41, 5.74) is 1.77. The molecule has 2 rings (SSSR count). The second-order valence-electron chi connectivity index (χ2n) is 5.44. The van der Waals surface area contributed by atoms with Crippen molar-refractivity contribution in [3.8, 4) is 11.5 Å². The third-order valence-corrected chi connectivity index (χ3v) is 3.66. The number of amides is 1. The summed E-state index contributed by atoms with van der Waals surface area (Å²) in [4.78, 5) is 12.4. The maximum absolute atomic E-state index is 12.4. The van der Waals surface area contributed by atoms with E-state index in [2.05, 4.69) is 15.8 Å². The summed E-state index contributed by atoms with van der Waals surface area (Å²) in [6.07, 6.45) is 0.608. The maximum atomic E-state index is 12.4. The summed E-state index contributed by atoms with van der Waals surface area (Å²) < 4.78 is 15.6. The zero-order valence-electron chi connectivity index (χ0n) is 14.6. The van der Waals surface area contributed by atoms with Crippen LogP contribution in [0.1, 0.15) is 24.7 Å². The van der Waals surface area contributed by atoms with Gasteiger partial charge in [0, 0.05) is 17.8 Å². The number of aryl methyl sites for hydroxylation is 2. The number of hydrogen-bond acceptors (Lipinski definition) is 6. The van der Waals surface area contributed by atoms with Gasteiger partial charge < -0.3 is 24.6 Å². The molecule has 1 atom stereocenters. The van der Waals surface area contributed by atoms with Crippen LogP contribution in [-0.4, -0.2) is 31.3 Å². The molecule has 1 heterocycles. The minimum Gasteiger partial charge on any atom is -0.493 e. The van der Waals surface area contributed by atoms with Crippen LogP contribution in [0.3, 0.4) is 0 Å². The predicted octanol–water partition coefficient (Wildman–Crippen LogP) is 3.14. The number of nitrogens with one attached hydrogen (secondary N) is 2. The third-order valence-electron chi connectivity index (χ3n) is 3.66. The third kappa shape index (κ3) is 3.98. The summed E-state index contributed by atoms with van der Waals surface area (Å²) in [7, 11) is 3.17. The van der Waals surface area contributed by atoms with Crippen molar-refractivity contribution in [2.24, 2.45) is 0 Å². The minimum absolute atomic E-state index is 0.181. The first-order valence-corrected chi connectivity index (χ1v) is 7.71. The molecule has 0 fully saturated rings. The van der Waals surface area contributed by atoms with Gasteiger partial charge >= 0.3 is 0 Å². The van der Waals surface area contributed by atoms with E-state index < -0.39 is 6.04 Å². The van der Waals surface area contributed by atoms with E-state index in [4.69, 9.17) is 14.0 Å². The van der Waals surface area contributed by atoms with Gasteiger partial charge in [-0.15, -0.1) is 0 Å². The van der Waals surface area contributed by atoms with Gasteiger partial charge in [-0.2, -0.15) is 0 Å². The molecule has 1 aromatic carbocycles. The second kappa shape index (κ2) is 7.72. The lowest BCUT2D eigenvalue weighted by atomic mass is 10.1. The Morgan fingerprint density at radius 2 is 1.88 bits per heavy atom. The molecular formula is C17H23N3O4. The lowest BCUT2D eigenvalue weighted by Gasteiger charge is -2.20. The van der Waals surface area contributed by atoms with Gasteiger partial charge in [0.25, 0.3) is 0 Å². The topological polar surface area (TPSA) is 85.6 Å². The number of ether oxygens (including phenoxy) is 2. The van der Waals surface area contributed by atoms with Gasteiger partial charge in [0.2, 0.25) is 5.91 Å². The Morgan fingerprint density at radius 1 is 1.21 bits per heavy atom. The van der Waals surface area contributed by atoms with Gasteiger partial charge in [-0.05, 0) is 31.9 Å². The van der Waals surface area contributed by atoms with Gasteiger partial charge in [-0.25, -0.2) is 0 Å². The molecule has 24 heavy (non-hydrogen) atoms. The van der Waals surface area contributed by atoms with Crippen molar-refractivity contribution in [2.75, 3.05) is 24.9 Å². The summed E-state index contributed by atoms with van der Waals surface area (Å²) in [5.74, 6) is 2.12. The molecule has 0 aliphatic heterocycles. The van der Waals surface area contributed by atoms with Gasteiger partial charge in [0.05, 0.1) is 14.2 Å². The van der Waals surface area contributed by atoms with Gasteiger partial charge in [0.15, 0.2) is 17.3 Å². The Morgan fingerprint density at radius 3 is 2.42 bits per heavy atom. The molecule has 1 amide bonds. The van der Waals surface area contributed by atoms with E-state index in [0.717, 1.165) is 11.3 Å². The normalized spacial score (nSPS) is 11.7. The monoisotopic (exact) mass is 333 g/mol. The van der Waals surface area contributed by atoms with E-state index >= 15 is 0 Å². The summed E-state index contributed by atoms with van der Waals surface area (Å²) in [5, 5.41) is 9.76. The molecule has 0 aliphatic rings. The number of methoxy groups -OCH3 is 2. The molecule has 1 aromatic heterocycles. The maximum Gasteiger partial charge on any atom is 0.248 e. The Hall–Kier alpha value is -2.70. The second-order valence-corrected chi connectivity index (χ2v) is 5.44. The van der Waals surface area contributed by atoms with Crippen LogP contribution in [-0.2, 0) is 4.79 Å². The van der Waals surface area contributed by atoms with Gasteiger partial charge in [-0.1, -0.05) is 12.1 Å². The van der Waals surface area contributed by atoms with Crippen molar-refractivity contribution in [3.63, 3.8) is 0 Å². The Balaban J connectivity index is 2.16. The number of anilines is 2. The highest BCUT2D eigenvalue weighted by Crippen LogP contribution is 2.33. The van der Waals surface area contributed by atoms with Crippen molar-refractivity contribution in [3.05, 3.63) is 29.5 Å². The zero-order valence-corrected chi connectivity index (χ0v) is 14.6. The van der Waals surface area contributed by atoms with Crippen molar-refractivity contribution in [2.45, 2.75) is 33.2 Å². The summed E-state index contributed by atoms with van der Waals surface area (Å²) >= 11 is 0. The number of carbonyl (C=O) groups excluding carboxylic acids is 1. The van der Waals surface area contributed by atoms with E-state index in [1.165, 1.54) is 0 Å². The van der Waals surface area contributed by atoms with Crippen LogP contribution in [0.15, 0.2) is 22.7 Å². The van der Waals surface area contributed by atoms with Crippen LogP contribution < -0.4 is 20.1 Å². The zero-order chi connectivity index (χ0) is 17.7. The van der Waals surface area contributed by atoms with Gasteiger partial charge in [-0.3, -0.25) is 4.79 Å². The molecule has 7 heteroatoms. The Kier molecular flexibility index (Phi) is 5.68. The lowest BCUT2D eigenvalue weighted by Crippen LogP contribution is -2.34. The minimum atomic E-state index is -0.418. The van der Waals surface area contributed by atoms with Crippen LogP contribution in [0.25, 0.3) is 0 Å². The van der Waals surface area contributed by atoms with E-state index in [0.29, 0.717) is 29.5 Å². The average molecular weight is 333 g/mol. The van der Waals surface area contributed by atoms with E-state index in [9.17, 15) is 4.79 Å². The van der Waals surface area contributed by atoms with Crippen LogP contribution in [0.2, 0.25) is 0 Å². The number of aromatic nitrogens is 1. The number of benzene rings is 1. The van der Waals surface area contributed by atoms with Crippen molar-refractivity contribution in [1.29, 1.82) is 0 Å². The Bertz CT molecular complexity index is 712. The highest BCUT2D eigenvalue weighted by Gasteiger charge is 2.19. The fourth-order valence-corrected chi connectivity index (χ4v) is 2.32. The fourth-order valence-electron chi connectivity index (χ4n) is 2.32. The van der Waals surface area contributed by atoms with E-state index in [1.54, 1.807) is 27.2 Å². The highest BCUT2D eigenvalue weighted by atomic mass is 16.5. The number of nitrogens with zero attached hydrogens (tertiary/aromatic N) is 1. The molecule has 0 bridgehead atoms. The first-order chi connectivity index (χ1) is 11.5. The first-order valence-electron chi connectivity index (χ1n) is 7.71. The molecule has 2 aromatic rings. The standard InChI is InChI=1S/C17H23N3O4/c1-6-12(17(21)19-16-8-11(3)24-20-16)18-13-9-15(23-5)14(22-4)7-10(13)2/h7-9,12,18H,6H2,1-5H3,(H,19,20,21)/t12-/m0/s1. The quantitative estimate of drug-likeness (QED) is 0.809. The number of carbonyl (C=O) groups is 1. The molecule has 0 saturated heterocycles. The predicted molar refractivity (Wildman–Crippen MR) is 91.9 cm³/mol. The molecule has 0 spiro atoms. The molecule has 0 unspecified atom stereocenters. The molecule has 130 valence electrons. The SMILES string of the molecule is CC[C@H](Nc1cc(OC)c(OC)cc1C)C(=O)Nc1cc(C)on1. The smallest absolute Gasteiger partial charge is 0.248 e. The molecular weight excluding hydrogens is 310 g/mol. The molecule has 0 saturated carbocycles. The molecule has 0 radical (unpaired) electrons. The first kappa shape index (κ1) is 17.7. The van der Waals surface area contributed by atoms with Crippen molar-refractivity contribution >= 4 is 17.4 Å². The van der Waals surface area contributed by atoms with E-state index in [1.807, 2.05) is 26.0 Å². The van der Waals surface area contributed by atoms with E-state index in [-0.39, 0.29) is 5.91 Å². The van der Waals surface area contributed by atoms with Crippen LogP contribution >= 0.6 is 0 Å². The number of hydrogen-bond donors (Lipinski definition) is 2. The van der Waals surface area contributed by atoms with Crippen LogP contribution in [0, 0.1) is 13.8 Å². The van der Waals surface area contributed by atoms with Crippen LogP contribution in [0.4, 0.5) is 11.5 Å². The van der Waals surface area contributed by atoms with Crippen molar-refractivity contribution in [1.82, 2.24) is 5.16 Å². The lowest BCUT2D eigenvalue weighted by molar-refractivity contribution is -0.117.